The summed E-state index contributed by atoms with van der Waals surface area (Å²) in [6.07, 6.45) is 0.820. The van der Waals surface area contributed by atoms with E-state index in [1.54, 1.807) is 6.07 Å². The Morgan fingerprint density at radius 3 is 2.69 bits per heavy atom. The molecular weight excluding hydrogens is 200 g/mol. The molecule has 0 bridgehead atoms. The number of benzene rings is 1. The van der Waals surface area contributed by atoms with Crippen molar-refractivity contribution in [2.24, 2.45) is 5.73 Å². The third-order valence-corrected chi connectivity index (χ3v) is 2.55. The van der Waals surface area contributed by atoms with E-state index in [1.165, 1.54) is 5.56 Å². The van der Waals surface area contributed by atoms with Gasteiger partial charge in [-0.25, -0.2) is 0 Å². The first-order valence-corrected chi connectivity index (χ1v) is 5.76. The van der Waals surface area contributed by atoms with Crippen LogP contribution in [-0.4, -0.2) is 23.7 Å². The average molecular weight is 222 g/mol. The van der Waals surface area contributed by atoms with Crippen LogP contribution in [0.5, 0.6) is 5.75 Å². The lowest BCUT2D eigenvalue weighted by Gasteiger charge is -2.16. The van der Waals surface area contributed by atoms with Crippen molar-refractivity contribution in [3.8, 4) is 5.75 Å². The quantitative estimate of drug-likeness (QED) is 0.708. The minimum atomic E-state index is 0.161. The van der Waals surface area contributed by atoms with Crippen LogP contribution < -0.4 is 11.1 Å². The van der Waals surface area contributed by atoms with E-state index in [4.69, 9.17) is 5.73 Å². The molecule has 1 rings (SSSR count). The Labute approximate surface area is 97.7 Å². The summed E-state index contributed by atoms with van der Waals surface area (Å²) in [6, 6.07) is 6.17. The summed E-state index contributed by atoms with van der Waals surface area (Å²) in [7, 11) is 0. The Hall–Kier alpha value is -1.06. The summed E-state index contributed by atoms with van der Waals surface area (Å²) in [6.45, 7) is 6.91. The van der Waals surface area contributed by atoms with Gasteiger partial charge in [-0.05, 0) is 38.8 Å². The van der Waals surface area contributed by atoms with Crippen molar-refractivity contribution in [1.82, 2.24) is 5.32 Å². The number of nitrogens with one attached hydrogen (secondary N) is 1. The second-order valence-electron chi connectivity index (χ2n) is 4.62. The SMILES string of the molecule is Cc1ccc(O)c(CC(C)NCC(C)N)c1. The maximum Gasteiger partial charge on any atom is 0.118 e. The van der Waals surface area contributed by atoms with Crippen LogP contribution in [0, 0.1) is 6.92 Å². The van der Waals surface area contributed by atoms with E-state index >= 15 is 0 Å². The van der Waals surface area contributed by atoms with Crippen molar-refractivity contribution in [2.75, 3.05) is 6.54 Å². The van der Waals surface area contributed by atoms with Crippen molar-refractivity contribution >= 4 is 0 Å². The van der Waals surface area contributed by atoms with Crippen LogP contribution >= 0.6 is 0 Å². The van der Waals surface area contributed by atoms with Crippen molar-refractivity contribution in [3.63, 3.8) is 0 Å². The number of phenols is 1. The monoisotopic (exact) mass is 222 g/mol. The zero-order valence-electron chi connectivity index (χ0n) is 10.3. The van der Waals surface area contributed by atoms with Crippen molar-refractivity contribution < 1.29 is 5.11 Å². The molecule has 0 fully saturated rings. The van der Waals surface area contributed by atoms with Gasteiger partial charge < -0.3 is 16.2 Å². The standard InChI is InChI=1S/C13H22N2O/c1-9-4-5-13(16)12(6-9)7-11(3)15-8-10(2)14/h4-6,10-11,15-16H,7-8,14H2,1-3H3. The Kier molecular flexibility index (Phi) is 4.77. The molecule has 0 aliphatic heterocycles. The number of nitrogens with two attached hydrogens (primary N) is 1. The highest BCUT2D eigenvalue weighted by Crippen LogP contribution is 2.19. The van der Waals surface area contributed by atoms with Gasteiger partial charge in [0.05, 0.1) is 0 Å². The molecule has 1 aromatic rings. The topological polar surface area (TPSA) is 58.3 Å². The summed E-state index contributed by atoms with van der Waals surface area (Å²) in [5.74, 6) is 0.375. The summed E-state index contributed by atoms with van der Waals surface area (Å²) in [4.78, 5) is 0. The van der Waals surface area contributed by atoms with E-state index in [0.717, 1.165) is 18.5 Å². The molecule has 0 aromatic heterocycles. The average Bonchev–Trinajstić information content (AvgIpc) is 2.20. The molecule has 0 aliphatic rings. The van der Waals surface area contributed by atoms with Gasteiger partial charge in [0.1, 0.15) is 5.75 Å². The van der Waals surface area contributed by atoms with E-state index in [-0.39, 0.29) is 6.04 Å². The third kappa shape index (κ3) is 4.21. The van der Waals surface area contributed by atoms with Crippen LogP contribution in [0.15, 0.2) is 18.2 Å². The van der Waals surface area contributed by atoms with E-state index in [2.05, 4.69) is 12.2 Å². The molecule has 0 spiro atoms. The van der Waals surface area contributed by atoms with Gasteiger partial charge in [0, 0.05) is 18.6 Å². The van der Waals surface area contributed by atoms with Gasteiger partial charge in [-0.1, -0.05) is 17.7 Å². The molecule has 0 saturated carbocycles. The van der Waals surface area contributed by atoms with E-state index in [1.807, 2.05) is 26.0 Å². The molecule has 2 unspecified atom stereocenters. The van der Waals surface area contributed by atoms with Gasteiger partial charge >= 0.3 is 0 Å². The first kappa shape index (κ1) is 13.0. The highest BCUT2D eigenvalue weighted by molar-refractivity contribution is 5.36. The molecule has 3 heteroatoms. The number of hydrogen-bond donors (Lipinski definition) is 3. The Morgan fingerprint density at radius 2 is 2.06 bits per heavy atom. The molecule has 0 heterocycles. The fraction of sp³-hybridized carbons (Fsp3) is 0.538. The number of phenolic OH excluding ortho intramolecular Hbond substituents is 1. The number of hydrogen-bond acceptors (Lipinski definition) is 3. The molecule has 0 saturated heterocycles. The normalized spacial score (nSPS) is 14.8. The van der Waals surface area contributed by atoms with Crippen molar-refractivity contribution in [2.45, 2.75) is 39.3 Å². The van der Waals surface area contributed by atoms with Crippen LogP contribution in [0.3, 0.4) is 0 Å². The zero-order valence-corrected chi connectivity index (χ0v) is 10.3. The van der Waals surface area contributed by atoms with Gasteiger partial charge in [0.2, 0.25) is 0 Å². The lowest BCUT2D eigenvalue weighted by molar-refractivity contribution is 0.456. The minimum Gasteiger partial charge on any atom is -0.508 e. The third-order valence-electron chi connectivity index (χ3n) is 2.55. The van der Waals surface area contributed by atoms with E-state index in [9.17, 15) is 5.11 Å². The van der Waals surface area contributed by atoms with Gasteiger partial charge in [0.25, 0.3) is 0 Å². The van der Waals surface area contributed by atoms with Gasteiger partial charge in [-0.3, -0.25) is 0 Å². The number of rotatable bonds is 5. The molecule has 3 nitrogen and oxygen atoms in total. The zero-order chi connectivity index (χ0) is 12.1. The smallest absolute Gasteiger partial charge is 0.118 e. The molecular formula is C13H22N2O. The van der Waals surface area contributed by atoms with Crippen molar-refractivity contribution in [1.29, 1.82) is 0 Å². The maximum absolute atomic E-state index is 9.71. The highest BCUT2D eigenvalue weighted by Gasteiger charge is 2.07. The minimum absolute atomic E-state index is 0.161. The molecule has 0 radical (unpaired) electrons. The second kappa shape index (κ2) is 5.87. The Balaban J connectivity index is 2.55. The Bertz CT molecular complexity index is 337. The molecule has 90 valence electrons. The first-order valence-electron chi connectivity index (χ1n) is 5.76. The van der Waals surface area contributed by atoms with E-state index < -0.39 is 0 Å². The first-order chi connectivity index (χ1) is 7.49. The van der Waals surface area contributed by atoms with Crippen molar-refractivity contribution in [3.05, 3.63) is 29.3 Å². The van der Waals surface area contributed by atoms with Crippen LogP contribution in [0.4, 0.5) is 0 Å². The van der Waals surface area contributed by atoms with Gasteiger partial charge in [-0.2, -0.15) is 0 Å². The Morgan fingerprint density at radius 1 is 1.38 bits per heavy atom. The largest absolute Gasteiger partial charge is 0.508 e. The maximum atomic E-state index is 9.71. The fourth-order valence-corrected chi connectivity index (χ4v) is 1.67. The van der Waals surface area contributed by atoms with Gasteiger partial charge in [0.15, 0.2) is 0 Å². The molecule has 2 atom stereocenters. The van der Waals surface area contributed by atoms with Crippen LogP contribution in [0.2, 0.25) is 0 Å². The summed E-state index contributed by atoms with van der Waals surface area (Å²) in [5.41, 5.74) is 7.84. The van der Waals surface area contributed by atoms with Crippen LogP contribution in [0.25, 0.3) is 0 Å². The van der Waals surface area contributed by atoms with E-state index in [0.29, 0.717) is 11.8 Å². The lowest BCUT2D eigenvalue weighted by atomic mass is 10.0. The fourth-order valence-electron chi connectivity index (χ4n) is 1.67. The number of aromatic hydroxyl groups is 1. The lowest BCUT2D eigenvalue weighted by Crippen LogP contribution is -2.37. The van der Waals surface area contributed by atoms with Crippen LogP contribution in [-0.2, 0) is 6.42 Å². The second-order valence-corrected chi connectivity index (χ2v) is 4.62. The van der Waals surface area contributed by atoms with Crippen LogP contribution in [0.1, 0.15) is 25.0 Å². The summed E-state index contributed by atoms with van der Waals surface area (Å²) >= 11 is 0. The molecule has 0 aliphatic carbocycles. The number of aryl methyl sites for hydroxylation is 1. The summed E-state index contributed by atoms with van der Waals surface area (Å²) in [5, 5.41) is 13.0. The highest BCUT2D eigenvalue weighted by atomic mass is 16.3. The summed E-state index contributed by atoms with van der Waals surface area (Å²) < 4.78 is 0. The molecule has 16 heavy (non-hydrogen) atoms. The molecule has 4 N–H and O–H groups in total. The molecule has 0 amide bonds. The predicted octanol–water partition coefficient (Wildman–Crippen LogP) is 1.57. The predicted molar refractivity (Wildman–Crippen MR) is 67.7 cm³/mol. The van der Waals surface area contributed by atoms with Gasteiger partial charge in [-0.15, -0.1) is 0 Å². The molecule has 1 aromatic carbocycles.